The molecule has 118 valence electrons. The van der Waals surface area contributed by atoms with Gasteiger partial charge in [0.25, 0.3) is 5.91 Å². The second-order valence-electron chi connectivity index (χ2n) is 5.93. The first-order chi connectivity index (χ1) is 10.5. The number of hydrogen-bond donors (Lipinski definition) is 3. The van der Waals surface area contributed by atoms with Gasteiger partial charge in [0.2, 0.25) is 0 Å². The van der Waals surface area contributed by atoms with Crippen molar-refractivity contribution < 1.29 is 9.90 Å². The van der Waals surface area contributed by atoms with E-state index in [1.54, 1.807) is 6.07 Å². The van der Waals surface area contributed by atoms with Crippen molar-refractivity contribution in [2.45, 2.75) is 32.8 Å². The third kappa shape index (κ3) is 5.00. The molecule has 1 atom stereocenters. The molecule has 0 spiro atoms. The summed E-state index contributed by atoms with van der Waals surface area (Å²) in [5.74, 6) is 0.238. The molecule has 22 heavy (non-hydrogen) atoms. The highest BCUT2D eigenvalue weighted by Crippen LogP contribution is 2.07. The Hall–Kier alpha value is -2.14. The highest BCUT2D eigenvalue weighted by atomic mass is 16.3. The lowest BCUT2D eigenvalue weighted by atomic mass is 10.1. The molecular formula is C17H23N3O2. The summed E-state index contributed by atoms with van der Waals surface area (Å²) in [5.41, 5.74) is 2.36. The first-order valence-corrected chi connectivity index (χ1v) is 7.59. The number of carbonyl (C=O) groups excluding carboxylic acids is 1. The molecule has 1 heterocycles. The molecule has 5 nitrogen and oxygen atoms in total. The minimum atomic E-state index is -0.611. The predicted octanol–water partition coefficient (Wildman–Crippen LogP) is 1.94. The first-order valence-electron chi connectivity index (χ1n) is 7.59. The molecule has 1 aromatic heterocycles. The number of aliphatic hydroxyl groups is 1. The Labute approximate surface area is 130 Å². The Morgan fingerprint density at radius 3 is 2.68 bits per heavy atom. The summed E-state index contributed by atoms with van der Waals surface area (Å²) in [5, 5.41) is 19.6. The molecule has 5 heteroatoms. The molecule has 2 aromatic rings. The minimum absolute atomic E-state index is 0.208. The highest BCUT2D eigenvalue weighted by Gasteiger charge is 2.13. The highest BCUT2D eigenvalue weighted by molar-refractivity contribution is 5.92. The molecule has 0 saturated heterocycles. The van der Waals surface area contributed by atoms with Gasteiger partial charge in [0.05, 0.1) is 6.10 Å². The number of aliphatic hydroxyl groups excluding tert-OH is 1. The largest absolute Gasteiger partial charge is 0.391 e. The molecule has 1 amide bonds. The van der Waals surface area contributed by atoms with E-state index in [9.17, 15) is 9.90 Å². The Morgan fingerprint density at radius 2 is 2.00 bits per heavy atom. The molecule has 0 aliphatic heterocycles. The van der Waals surface area contributed by atoms with Gasteiger partial charge in [-0.25, -0.2) is 0 Å². The van der Waals surface area contributed by atoms with Gasteiger partial charge in [0.15, 0.2) is 0 Å². The lowest BCUT2D eigenvalue weighted by Gasteiger charge is -2.11. The zero-order valence-electron chi connectivity index (χ0n) is 13.0. The Balaban J connectivity index is 1.80. The van der Waals surface area contributed by atoms with Gasteiger partial charge in [-0.1, -0.05) is 44.2 Å². The monoisotopic (exact) mass is 301 g/mol. The molecule has 1 unspecified atom stereocenters. The van der Waals surface area contributed by atoms with Crippen LogP contribution in [0.3, 0.4) is 0 Å². The van der Waals surface area contributed by atoms with Crippen LogP contribution in [-0.4, -0.2) is 33.9 Å². The van der Waals surface area contributed by atoms with Crippen LogP contribution in [0.15, 0.2) is 36.4 Å². The fourth-order valence-electron chi connectivity index (χ4n) is 2.28. The number of carbonyl (C=O) groups is 1. The molecule has 0 radical (unpaired) electrons. The van der Waals surface area contributed by atoms with Gasteiger partial charge in [-0.3, -0.25) is 9.89 Å². The van der Waals surface area contributed by atoms with Crippen molar-refractivity contribution in [1.29, 1.82) is 0 Å². The van der Waals surface area contributed by atoms with Gasteiger partial charge in [-0.05, 0) is 24.0 Å². The maximum absolute atomic E-state index is 12.0. The number of nitrogens with zero attached hydrogens (tertiary/aromatic N) is 1. The van der Waals surface area contributed by atoms with E-state index in [1.807, 2.05) is 30.3 Å². The van der Waals surface area contributed by atoms with Crippen LogP contribution in [-0.2, 0) is 12.8 Å². The molecule has 0 saturated carbocycles. The van der Waals surface area contributed by atoms with Gasteiger partial charge in [-0.2, -0.15) is 5.10 Å². The van der Waals surface area contributed by atoms with Crippen molar-refractivity contribution >= 4 is 5.91 Å². The third-order valence-electron chi connectivity index (χ3n) is 3.30. The van der Waals surface area contributed by atoms with Gasteiger partial charge >= 0.3 is 0 Å². The van der Waals surface area contributed by atoms with Crippen LogP contribution in [0.4, 0.5) is 0 Å². The Morgan fingerprint density at radius 1 is 1.27 bits per heavy atom. The van der Waals surface area contributed by atoms with Gasteiger partial charge in [-0.15, -0.1) is 0 Å². The fourth-order valence-corrected chi connectivity index (χ4v) is 2.28. The number of aromatic amines is 1. The van der Waals surface area contributed by atoms with Gasteiger partial charge in [0.1, 0.15) is 5.69 Å². The third-order valence-corrected chi connectivity index (χ3v) is 3.30. The van der Waals surface area contributed by atoms with E-state index in [0.29, 0.717) is 18.0 Å². The van der Waals surface area contributed by atoms with Crippen LogP contribution in [0.5, 0.6) is 0 Å². The van der Waals surface area contributed by atoms with Crippen LogP contribution in [0.2, 0.25) is 0 Å². The van der Waals surface area contributed by atoms with Crippen LogP contribution < -0.4 is 5.32 Å². The summed E-state index contributed by atoms with van der Waals surface area (Å²) in [6.07, 6.45) is 0.762. The molecule has 3 N–H and O–H groups in total. The van der Waals surface area contributed by atoms with Crippen molar-refractivity contribution in [2.75, 3.05) is 6.54 Å². The molecule has 2 rings (SSSR count). The number of amides is 1. The lowest BCUT2D eigenvalue weighted by molar-refractivity contribution is 0.0911. The number of benzene rings is 1. The first kappa shape index (κ1) is 16.2. The van der Waals surface area contributed by atoms with E-state index < -0.39 is 6.10 Å². The van der Waals surface area contributed by atoms with E-state index >= 15 is 0 Å². The van der Waals surface area contributed by atoms with E-state index in [0.717, 1.165) is 17.7 Å². The second-order valence-corrected chi connectivity index (χ2v) is 5.93. The summed E-state index contributed by atoms with van der Waals surface area (Å²) < 4.78 is 0. The fraction of sp³-hybridized carbons (Fsp3) is 0.412. The van der Waals surface area contributed by atoms with Crippen LogP contribution in [0.1, 0.15) is 35.6 Å². The maximum atomic E-state index is 12.0. The van der Waals surface area contributed by atoms with E-state index in [2.05, 4.69) is 29.4 Å². The van der Waals surface area contributed by atoms with E-state index in [-0.39, 0.29) is 12.5 Å². The van der Waals surface area contributed by atoms with Crippen molar-refractivity contribution in [3.8, 4) is 0 Å². The Kier molecular flexibility index (Phi) is 5.72. The summed E-state index contributed by atoms with van der Waals surface area (Å²) >= 11 is 0. The minimum Gasteiger partial charge on any atom is -0.391 e. The standard InChI is InChI=1S/C17H23N3O2/c1-12(2)8-14-10-16(20-19-14)17(22)18-11-15(21)9-13-6-4-3-5-7-13/h3-7,10,12,15,21H,8-9,11H2,1-2H3,(H,18,22)(H,19,20). The quantitative estimate of drug-likeness (QED) is 0.731. The molecular weight excluding hydrogens is 278 g/mol. The topological polar surface area (TPSA) is 78.0 Å². The normalized spacial score (nSPS) is 12.4. The zero-order valence-corrected chi connectivity index (χ0v) is 13.0. The van der Waals surface area contributed by atoms with E-state index in [1.165, 1.54) is 0 Å². The number of rotatable bonds is 7. The lowest BCUT2D eigenvalue weighted by Crippen LogP contribution is -2.33. The van der Waals surface area contributed by atoms with Crippen LogP contribution >= 0.6 is 0 Å². The maximum Gasteiger partial charge on any atom is 0.271 e. The molecule has 1 aromatic carbocycles. The van der Waals surface area contributed by atoms with E-state index in [4.69, 9.17) is 0 Å². The molecule has 0 bridgehead atoms. The summed E-state index contributed by atoms with van der Waals surface area (Å²) in [7, 11) is 0. The SMILES string of the molecule is CC(C)Cc1cc(C(=O)NCC(O)Cc2ccccc2)n[nH]1. The Bertz CT molecular complexity index is 593. The number of nitrogens with one attached hydrogen (secondary N) is 2. The smallest absolute Gasteiger partial charge is 0.271 e. The zero-order chi connectivity index (χ0) is 15.9. The van der Waals surface area contributed by atoms with Crippen molar-refractivity contribution in [3.05, 3.63) is 53.3 Å². The molecule has 0 fully saturated rings. The van der Waals surface area contributed by atoms with Crippen LogP contribution in [0.25, 0.3) is 0 Å². The number of hydrogen-bond acceptors (Lipinski definition) is 3. The number of aromatic nitrogens is 2. The molecule has 0 aliphatic carbocycles. The van der Waals surface area contributed by atoms with Gasteiger partial charge in [0, 0.05) is 18.7 Å². The predicted molar refractivity (Wildman–Crippen MR) is 85.6 cm³/mol. The summed E-state index contributed by atoms with van der Waals surface area (Å²) in [6.45, 7) is 4.43. The van der Waals surface area contributed by atoms with Crippen molar-refractivity contribution in [3.63, 3.8) is 0 Å². The average Bonchev–Trinajstić information content (AvgIpc) is 2.93. The van der Waals surface area contributed by atoms with Gasteiger partial charge < -0.3 is 10.4 Å². The average molecular weight is 301 g/mol. The summed E-state index contributed by atoms with van der Waals surface area (Å²) in [4.78, 5) is 12.0. The van der Waals surface area contributed by atoms with Crippen molar-refractivity contribution in [1.82, 2.24) is 15.5 Å². The van der Waals surface area contributed by atoms with Crippen LogP contribution in [0, 0.1) is 5.92 Å². The number of H-pyrrole nitrogens is 1. The second kappa shape index (κ2) is 7.75. The summed E-state index contributed by atoms with van der Waals surface area (Å²) in [6, 6.07) is 11.5. The molecule has 0 aliphatic rings. The van der Waals surface area contributed by atoms with Crippen molar-refractivity contribution in [2.24, 2.45) is 5.92 Å².